The highest BCUT2D eigenvalue weighted by molar-refractivity contribution is 5.97. The van der Waals surface area contributed by atoms with Gasteiger partial charge in [-0.3, -0.25) is 0 Å². The number of anilines is 2. The molecule has 5 rings (SSSR count). The van der Waals surface area contributed by atoms with Crippen LogP contribution in [0.15, 0.2) is 54.6 Å². The Morgan fingerprint density at radius 2 is 1.25 bits per heavy atom. The summed E-state index contributed by atoms with van der Waals surface area (Å²) in [6, 6.07) is 18.0. The summed E-state index contributed by atoms with van der Waals surface area (Å²) in [5.74, 6) is 1.09. The first kappa shape index (κ1) is 21.8. The number of hydrogen-bond acceptors (Lipinski definition) is 5. The van der Waals surface area contributed by atoms with E-state index in [1.807, 2.05) is 107 Å². The number of rotatable bonds is 2. The molecule has 5 nitrogen and oxygen atoms in total. The third kappa shape index (κ3) is 3.11. The standard InChI is InChI=1S/C25H24N2O3.C2H6/c1-15-6-9-18-21(12-15)25(30-24(18)28)19-10-7-16(26(2)3)13-22(19)29-23-14-17(27(4)5)8-11-20(23)25;1-2/h6-14H,1-5H3;1-2H3. The maximum Gasteiger partial charge on any atom is 0.340 e. The lowest BCUT2D eigenvalue weighted by Crippen LogP contribution is -2.33. The first-order valence-corrected chi connectivity index (χ1v) is 11.0. The van der Waals surface area contributed by atoms with Gasteiger partial charge in [-0.2, -0.15) is 0 Å². The van der Waals surface area contributed by atoms with Gasteiger partial charge in [0.15, 0.2) is 5.60 Å². The van der Waals surface area contributed by atoms with E-state index in [-0.39, 0.29) is 5.97 Å². The number of carbonyl (C=O) groups excluding carboxylic acids is 1. The van der Waals surface area contributed by atoms with Gasteiger partial charge in [0.2, 0.25) is 0 Å². The molecule has 0 bridgehead atoms. The number of ether oxygens (including phenoxy) is 2. The number of fused-ring (bicyclic) bond motifs is 6. The lowest BCUT2D eigenvalue weighted by Gasteiger charge is -2.37. The van der Waals surface area contributed by atoms with Crippen molar-refractivity contribution in [3.05, 3.63) is 82.4 Å². The van der Waals surface area contributed by atoms with Crippen LogP contribution in [0, 0.1) is 6.92 Å². The summed E-state index contributed by atoms with van der Waals surface area (Å²) in [5, 5.41) is 0. The van der Waals surface area contributed by atoms with Gasteiger partial charge in [-0.05, 0) is 37.3 Å². The Balaban J connectivity index is 0.00000119. The maximum absolute atomic E-state index is 12.9. The molecule has 5 heteroatoms. The van der Waals surface area contributed by atoms with Crippen molar-refractivity contribution < 1.29 is 14.3 Å². The monoisotopic (exact) mass is 430 g/mol. The van der Waals surface area contributed by atoms with Gasteiger partial charge in [0.1, 0.15) is 11.5 Å². The molecule has 0 radical (unpaired) electrons. The summed E-state index contributed by atoms with van der Waals surface area (Å²) in [7, 11) is 7.97. The predicted molar refractivity (Wildman–Crippen MR) is 129 cm³/mol. The van der Waals surface area contributed by atoms with Crippen molar-refractivity contribution in [3.8, 4) is 11.5 Å². The summed E-state index contributed by atoms with van der Waals surface area (Å²) in [4.78, 5) is 17.0. The van der Waals surface area contributed by atoms with E-state index < -0.39 is 5.60 Å². The van der Waals surface area contributed by atoms with Crippen molar-refractivity contribution in [2.45, 2.75) is 26.4 Å². The largest absolute Gasteiger partial charge is 0.456 e. The molecule has 2 aliphatic rings. The molecule has 0 aromatic heterocycles. The fourth-order valence-corrected chi connectivity index (χ4v) is 4.37. The fourth-order valence-electron chi connectivity index (χ4n) is 4.37. The SMILES string of the molecule is CC.Cc1ccc2c(c1)C1(OC2=O)c2ccc(N(C)C)cc2Oc2cc(N(C)C)ccc21. The van der Waals surface area contributed by atoms with Crippen LogP contribution in [0.4, 0.5) is 11.4 Å². The highest BCUT2D eigenvalue weighted by atomic mass is 16.6. The van der Waals surface area contributed by atoms with Gasteiger partial charge in [-0.1, -0.05) is 31.5 Å². The second kappa shape index (κ2) is 7.90. The molecule has 3 aromatic rings. The second-order valence-electron chi connectivity index (χ2n) is 8.37. The molecule has 0 atom stereocenters. The Morgan fingerprint density at radius 1 is 0.719 bits per heavy atom. The van der Waals surface area contributed by atoms with Crippen molar-refractivity contribution in [2.75, 3.05) is 38.0 Å². The van der Waals surface area contributed by atoms with Crippen molar-refractivity contribution in [1.82, 2.24) is 0 Å². The molecule has 0 unspecified atom stereocenters. The molecule has 3 aromatic carbocycles. The van der Waals surface area contributed by atoms with Crippen LogP contribution < -0.4 is 14.5 Å². The van der Waals surface area contributed by atoms with Gasteiger partial charge in [0.25, 0.3) is 0 Å². The highest BCUT2D eigenvalue weighted by Gasteiger charge is 2.53. The summed E-state index contributed by atoms with van der Waals surface area (Å²) < 4.78 is 12.6. The van der Waals surface area contributed by atoms with Crippen molar-refractivity contribution >= 4 is 17.3 Å². The second-order valence-corrected chi connectivity index (χ2v) is 8.37. The number of nitrogens with zero attached hydrogens (tertiary/aromatic N) is 2. The first-order valence-electron chi connectivity index (χ1n) is 11.0. The minimum absolute atomic E-state index is 0.308. The molecule has 0 aliphatic carbocycles. The summed E-state index contributed by atoms with van der Waals surface area (Å²) in [6.07, 6.45) is 0. The number of hydrogen-bond donors (Lipinski definition) is 0. The van der Waals surface area contributed by atoms with E-state index in [2.05, 4.69) is 6.07 Å². The predicted octanol–water partition coefficient (Wildman–Crippen LogP) is 5.72. The minimum Gasteiger partial charge on any atom is -0.456 e. The minimum atomic E-state index is -1.02. The number of benzene rings is 3. The Hall–Kier alpha value is -3.47. The van der Waals surface area contributed by atoms with E-state index in [0.717, 1.165) is 33.6 Å². The Labute approximate surface area is 190 Å². The van der Waals surface area contributed by atoms with Crippen LogP contribution in [0.1, 0.15) is 46.5 Å². The quantitative estimate of drug-likeness (QED) is 0.486. The van der Waals surface area contributed by atoms with Gasteiger partial charge in [-0.25, -0.2) is 4.79 Å². The van der Waals surface area contributed by atoms with Crippen LogP contribution in [0.3, 0.4) is 0 Å². The Morgan fingerprint density at radius 3 is 1.75 bits per heavy atom. The molecule has 0 fully saturated rings. The van der Waals surface area contributed by atoms with Gasteiger partial charge in [0.05, 0.1) is 5.56 Å². The molecule has 2 aliphatic heterocycles. The molecular weight excluding hydrogens is 400 g/mol. The molecule has 0 N–H and O–H groups in total. The molecule has 2 heterocycles. The third-order valence-electron chi connectivity index (χ3n) is 5.96. The topological polar surface area (TPSA) is 42.0 Å². The highest BCUT2D eigenvalue weighted by Crippen LogP contribution is 2.57. The van der Waals surface area contributed by atoms with Gasteiger partial charge in [0, 0.05) is 68.4 Å². The van der Waals surface area contributed by atoms with Gasteiger partial charge < -0.3 is 19.3 Å². The van der Waals surface area contributed by atoms with Crippen LogP contribution in [0.2, 0.25) is 0 Å². The van der Waals surface area contributed by atoms with E-state index in [9.17, 15) is 4.79 Å². The van der Waals surface area contributed by atoms with E-state index >= 15 is 0 Å². The van der Waals surface area contributed by atoms with Crippen LogP contribution in [-0.2, 0) is 10.3 Å². The molecule has 0 saturated carbocycles. The molecule has 166 valence electrons. The summed E-state index contributed by atoms with van der Waals surface area (Å²) in [6.45, 7) is 6.03. The summed E-state index contributed by atoms with van der Waals surface area (Å²) in [5.41, 5.74) is 5.26. The van der Waals surface area contributed by atoms with Gasteiger partial charge >= 0.3 is 5.97 Å². The number of esters is 1. The zero-order valence-electron chi connectivity index (χ0n) is 19.8. The smallest absolute Gasteiger partial charge is 0.340 e. The average Bonchev–Trinajstić information content (AvgIpc) is 3.06. The molecule has 0 saturated heterocycles. The van der Waals surface area contributed by atoms with Crippen molar-refractivity contribution in [3.63, 3.8) is 0 Å². The lowest BCUT2D eigenvalue weighted by molar-refractivity contribution is 0.0224. The van der Waals surface area contributed by atoms with Crippen LogP contribution in [-0.4, -0.2) is 34.2 Å². The molecule has 1 spiro atoms. The van der Waals surface area contributed by atoms with Crippen LogP contribution in [0.5, 0.6) is 11.5 Å². The van der Waals surface area contributed by atoms with E-state index in [0.29, 0.717) is 17.1 Å². The van der Waals surface area contributed by atoms with E-state index in [4.69, 9.17) is 9.47 Å². The zero-order chi connectivity index (χ0) is 23.2. The van der Waals surface area contributed by atoms with Crippen molar-refractivity contribution in [2.24, 2.45) is 0 Å². The van der Waals surface area contributed by atoms with E-state index in [1.165, 1.54) is 0 Å². The maximum atomic E-state index is 12.9. The van der Waals surface area contributed by atoms with Crippen LogP contribution in [0.25, 0.3) is 0 Å². The Bertz CT molecular complexity index is 1140. The summed E-state index contributed by atoms with van der Waals surface area (Å²) >= 11 is 0. The molecular formula is C27H30N2O3. The third-order valence-corrected chi connectivity index (χ3v) is 5.96. The fraction of sp³-hybridized carbons (Fsp3) is 0.296. The molecule has 32 heavy (non-hydrogen) atoms. The normalized spacial score (nSPS) is 14.3. The van der Waals surface area contributed by atoms with Gasteiger partial charge in [-0.15, -0.1) is 0 Å². The van der Waals surface area contributed by atoms with Crippen LogP contribution >= 0.6 is 0 Å². The van der Waals surface area contributed by atoms with E-state index in [1.54, 1.807) is 0 Å². The zero-order valence-corrected chi connectivity index (χ0v) is 19.8. The van der Waals surface area contributed by atoms with Crippen molar-refractivity contribution in [1.29, 1.82) is 0 Å². The lowest BCUT2D eigenvalue weighted by atomic mass is 9.77. The number of aryl methyl sites for hydroxylation is 1. The average molecular weight is 431 g/mol. The Kier molecular flexibility index (Phi) is 5.37. The number of carbonyl (C=O) groups is 1. The first-order chi connectivity index (χ1) is 15.3. The molecule has 0 amide bonds.